The lowest BCUT2D eigenvalue weighted by Crippen LogP contribution is -2.44. The molecule has 0 fully saturated rings. The first-order valence-corrected chi connectivity index (χ1v) is 11.7. The van der Waals surface area contributed by atoms with Crippen molar-refractivity contribution in [3.63, 3.8) is 0 Å². The number of carbonyl (C=O) groups is 1. The Morgan fingerprint density at radius 3 is 2.34 bits per heavy atom. The zero-order valence-corrected chi connectivity index (χ0v) is 18.1. The third kappa shape index (κ3) is 4.40. The summed E-state index contributed by atoms with van der Waals surface area (Å²) in [7, 11) is -1.86. The highest BCUT2D eigenvalue weighted by Gasteiger charge is 2.39. The predicted octanol–water partition coefficient (Wildman–Crippen LogP) is 3.89. The number of ether oxygens (including phenoxy) is 1. The molecule has 0 radical (unpaired) electrons. The highest BCUT2D eigenvalue weighted by molar-refractivity contribution is 7.92. The van der Waals surface area contributed by atoms with Gasteiger partial charge < -0.3 is 10.1 Å². The van der Waals surface area contributed by atoms with E-state index >= 15 is 0 Å². The Morgan fingerprint density at radius 2 is 1.76 bits per heavy atom. The number of benzene rings is 2. The molecule has 2 aromatic carbocycles. The SMILES string of the molecule is CCC1(CC)C[C@H](NC(=O)c2ccc(N(C)S(C)(=O)=O)cc2)c2ccccc2O1. The number of anilines is 1. The fourth-order valence-corrected chi connectivity index (χ4v) is 4.19. The van der Waals surface area contributed by atoms with E-state index < -0.39 is 10.0 Å². The van der Waals surface area contributed by atoms with Gasteiger partial charge in [0.25, 0.3) is 5.91 Å². The van der Waals surface area contributed by atoms with Crippen molar-refractivity contribution in [3.8, 4) is 5.75 Å². The molecule has 0 bridgehead atoms. The smallest absolute Gasteiger partial charge is 0.251 e. The van der Waals surface area contributed by atoms with E-state index in [0.29, 0.717) is 17.7 Å². The first-order valence-electron chi connectivity index (χ1n) is 9.82. The molecule has 0 saturated carbocycles. The number of para-hydroxylation sites is 1. The molecule has 6 nitrogen and oxygen atoms in total. The minimum atomic E-state index is -3.35. The van der Waals surface area contributed by atoms with Crippen molar-refractivity contribution in [3.05, 3.63) is 59.7 Å². The predicted molar refractivity (Wildman–Crippen MR) is 115 cm³/mol. The van der Waals surface area contributed by atoms with Crippen LogP contribution >= 0.6 is 0 Å². The van der Waals surface area contributed by atoms with E-state index in [0.717, 1.165) is 30.4 Å². The molecule has 2 aromatic rings. The molecular weight excluding hydrogens is 388 g/mol. The van der Waals surface area contributed by atoms with Gasteiger partial charge >= 0.3 is 0 Å². The number of amides is 1. The van der Waals surface area contributed by atoms with Gasteiger partial charge in [-0.2, -0.15) is 0 Å². The Balaban J connectivity index is 1.83. The second-order valence-electron chi connectivity index (χ2n) is 7.54. The number of fused-ring (bicyclic) bond motifs is 1. The zero-order valence-electron chi connectivity index (χ0n) is 17.3. The van der Waals surface area contributed by atoms with Gasteiger partial charge in [-0.05, 0) is 43.2 Å². The second-order valence-corrected chi connectivity index (χ2v) is 9.55. The summed E-state index contributed by atoms with van der Waals surface area (Å²) in [6.07, 6.45) is 3.56. The maximum atomic E-state index is 12.9. The van der Waals surface area contributed by atoms with Crippen LogP contribution < -0.4 is 14.4 Å². The van der Waals surface area contributed by atoms with Gasteiger partial charge in [-0.15, -0.1) is 0 Å². The first kappa shape index (κ1) is 21.2. The van der Waals surface area contributed by atoms with Crippen LogP contribution in [0.5, 0.6) is 5.75 Å². The van der Waals surface area contributed by atoms with Gasteiger partial charge in [-0.3, -0.25) is 9.10 Å². The Morgan fingerprint density at radius 1 is 1.14 bits per heavy atom. The van der Waals surface area contributed by atoms with E-state index in [-0.39, 0.29) is 17.6 Å². The molecule has 156 valence electrons. The number of carbonyl (C=O) groups excluding carboxylic acids is 1. The normalized spacial score (nSPS) is 17.7. The molecule has 0 spiro atoms. The Kier molecular flexibility index (Phi) is 5.89. The Bertz CT molecular complexity index is 982. The molecule has 0 aromatic heterocycles. The van der Waals surface area contributed by atoms with Crippen molar-refractivity contribution in [1.82, 2.24) is 5.32 Å². The summed E-state index contributed by atoms with van der Waals surface area (Å²) in [4.78, 5) is 12.9. The van der Waals surface area contributed by atoms with Gasteiger partial charge in [0.1, 0.15) is 11.4 Å². The van der Waals surface area contributed by atoms with Crippen molar-refractivity contribution in [2.45, 2.75) is 44.8 Å². The average molecular weight is 417 g/mol. The van der Waals surface area contributed by atoms with Crippen molar-refractivity contribution >= 4 is 21.6 Å². The fraction of sp³-hybridized carbons (Fsp3) is 0.409. The van der Waals surface area contributed by atoms with Crippen molar-refractivity contribution in [2.75, 3.05) is 17.6 Å². The number of sulfonamides is 1. The van der Waals surface area contributed by atoms with Crippen molar-refractivity contribution < 1.29 is 17.9 Å². The van der Waals surface area contributed by atoms with Crippen LogP contribution in [0, 0.1) is 0 Å². The van der Waals surface area contributed by atoms with E-state index in [4.69, 9.17) is 4.74 Å². The van der Waals surface area contributed by atoms with E-state index in [1.54, 1.807) is 24.3 Å². The number of rotatable bonds is 6. The van der Waals surface area contributed by atoms with Gasteiger partial charge in [0, 0.05) is 24.6 Å². The summed E-state index contributed by atoms with van der Waals surface area (Å²) in [6, 6.07) is 14.2. The lowest BCUT2D eigenvalue weighted by Gasteiger charge is -2.41. The standard InChI is InChI=1S/C22H28N2O4S/c1-5-22(6-2)15-19(18-9-7-8-10-20(18)28-22)23-21(25)16-11-13-17(14-12-16)24(3)29(4,26)27/h7-14,19H,5-6,15H2,1-4H3,(H,23,25)/t19-/m0/s1. The third-order valence-corrected chi connectivity index (χ3v) is 6.99. The van der Waals surface area contributed by atoms with Crippen LogP contribution in [0.1, 0.15) is 55.1 Å². The molecule has 1 aliphatic rings. The zero-order chi connectivity index (χ0) is 21.2. The van der Waals surface area contributed by atoms with Gasteiger partial charge in [0.05, 0.1) is 18.0 Å². The first-order chi connectivity index (χ1) is 13.7. The van der Waals surface area contributed by atoms with E-state index in [1.165, 1.54) is 11.4 Å². The highest BCUT2D eigenvalue weighted by Crippen LogP contribution is 2.42. The molecule has 29 heavy (non-hydrogen) atoms. The number of hydrogen-bond acceptors (Lipinski definition) is 4. The summed E-state index contributed by atoms with van der Waals surface area (Å²) in [5.74, 6) is 0.624. The maximum Gasteiger partial charge on any atom is 0.251 e. The summed E-state index contributed by atoms with van der Waals surface area (Å²) in [6.45, 7) is 4.21. The topological polar surface area (TPSA) is 75.7 Å². The second kappa shape index (κ2) is 8.06. The monoisotopic (exact) mass is 416 g/mol. The van der Waals surface area contributed by atoms with Crippen LogP contribution in [0.3, 0.4) is 0 Å². The molecule has 0 saturated heterocycles. The number of nitrogens with one attached hydrogen (secondary N) is 1. The van der Waals surface area contributed by atoms with Crippen LogP contribution in [0.25, 0.3) is 0 Å². The van der Waals surface area contributed by atoms with Gasteiger partial charge in [0.15, 0.2) is 0 Å². The lowest BCUT2D eigenvalue weighted by atomic mass is 9.83. The molecule has 1 heterocycles. The van der Waals surface area contributed by atoms with Crippen molar-refractivity contribution in [2.24, 2.45) is 0 Å². The number of nitrogens with zero attached hydrogens (tertiary/aromatic N) is 1. The van der Waals surface area contributed by atoms with Crippen LogP contribution in [-0.4, -0.2) is 33.2 Å². The lowest BCUT2D eigenvalue weighted by molar-refractivity contribution is 0.0227. The molecular formula is C22H28N2O4S. The molecule has 1 amide bonds. The maximum absolute atomic E-state index is 12.9. The largest absolute Gasteiger partial charge is 0.487 e. The Labute approximate surface area is 172 Å². The summed E-state index contributed by atoms with van der Waals surface area (Å²) >= 11 is 0. The van der Waals surface area contributed by atoms with Crippen LogP contribution in [0.2, 0.25) is 0 Å². The molecule has 7 heteroatoms. The summed E-state index contributed by atoms with van der Waals surface area (Å²) in [5.41, 5.74) is 1.68. The van der Waals surface area contributed by atoms with Crippen LogP contribution in [-0.2, 0) is 10.0 Å². The molecule has 1 atom stereocenters. The third-order valence-electron chi connectivity index (χ3n) is 5.78. The van der Waals surface area contributed by atoms with Crippen LogP contribution in [0.15, 0.2) is 48.5 Å². The molecule has 0 unspecified atom stereocenters. The van der Waals surface area contributed by atoms with Gasteiger partial charge in [0.2, 0.25) is 10.0 Å². The minimum Gasteiger partial charge on any atom is -0.487 e. The molecule has 0 aliphatic carbocycles. The van der Waals surface area contributed by atoms with Gasteiger partial charge in [-0.1, -0.05) is 32.0 Å². The number of hydrogen-bond donors (Lipinski definition) is 1. The molecule has 3 rings (SSSR count). The van der Waals surface area contributed by atoms with E-state index in [9.17, 15) is 13.2 Å². The van der Waals surface area contributed by atoms with Crippen molar-refractivity contribution in [1.29, 1.82) is 0 Å². The van der Waals surface area contributed by atoms with Crippen LogP contribution in [0.4, 0.5) is 5.69 Å². The van der Waals surface area contributed by atoms with E-state index in [1.807, 2.05) is 24.3 Å². The quantitative estimate of drug-likeness (QED) is 0.775. The summed E-state index contributed by atoms with van der Waals surface area (Å²) in [5, 5.41) is 3.14. The average Bonchev–Trinajstić information content (AvgIpc) is 2.72. The fourth-order valence-electron chi connectivity index (χ4n) is 3.69. The van der Waals surface area contributed by atoms with Gasteiger partial charge in [-0.25, -0.2) is 8.42 Å². The summed E-state index contributed by atoms with van der Waals surface area (Å²) < 4.78 is 30.8. The molecule has 1 N–H and O–H groups in total. The highest BCUT2D eigenvalue weighted by atomic mass is 32.2. The van der Waals surface area contributed by atoms with E-state index in [2.05, 4.69) is 19.2 Å². The minimum absolute atomic E-state index is 0.147. The molecule has 1 aliphatic heterocycles. The Hall–Kier alpha value is -2.54.